The van der Waals surface area contributed by atoms with Crippen LogP contribution in [0.5, 0.6) is 0 Å². The first-order valence-electron chi connectivity index (χ1n) is 4.37. The number of hydrogen-bond donors (Lipinski definition) is 0. The van der Waals surface area contributed by atoms with Crippen molar-refractivity contribution in [3.8, 4) is 0 Å². The molecule has 0 aliphatic heterocycles. The topological polar surface area (TPSA) is 16.1 Å². The summed E-state index contributed by atoms with van der Waals surface area (Å²) in [4.78, 5) is 6.35. The van der Waals surface area contributed by atoms with Crippen LogP contribution in [0.15, 0.2) is 18.3 Å². The van der Waals surface area contributed by atoms with Gasteiger partial charge < -0.3 is 4.90 Å². The van der Waals surface area contributed by atoms with Crippen molar-refractivity contribution in [3.63, 3.8) is 0 Å². The van der Waals surface area contributed by atoms with Crippen molar-refractivity contribution in [1.82, 2.24) is 4.98 Å². The Hall–Kier alpha value is -0.760. The van der Waals surface area contributed by atoms with Crippen LogP contribution in [0.25, 0.3) is 0 Å². The first kappa shape index (κ1) is 10.3. The van der Waals surface area contributed by atoms with Crippen molar-refractivity contribution in [2.75, 3.05) is 18.5 Å². The monoisotopic (exact) mass is 198 g/mol. The van der Waals surface area contributed by atoms with Crippen LogP contribution >= 0.6 is 11.6 Å². The van der Waals surface area contributed by atoms with Gasteiger partial charge in [-0.05, 0) is 25.5 Å². The van der Waals surface area contributed by atoms with Gasteiger partial charge in [-0.1, -0.05) is 6.07 Å². The van der Waals surface area contributed by atoms with Crippen LogP contribution in [-0.4, -0.2) is 24.0 Å². The summed E-state index contributed by atoms with van der Waals surface area (Å²) in [6.45, 7) is 4.82. The molecule has 13 heavy (non-hydrogen) atoms. The lowest BCUT2D eigenvalue weighted by Gasteiger charge is -2.19. The molecule has 1 rings (SSSR count). The molecule has 1 unspecified atom stereocenters. The van der Waals surface area contributed by atoms with Crippen LogP contribution in [-0.2, 0) is 0 Å². The minimum Gasteiger partial charge on any atom is -0.358 e. The molecule has 0 fully saturated rings. The minimum atomic E-state index is 0.146. The maximum Gasteiger partial charge on any atom is 0.128 e. The Morgan fingerprint density at radius 1 is 1.54 bits per heavy atom. The van der Waals surface area contributed by atoms with E-state index in [1.165, 1.54) is 5.56 Å². The number of halogens is 1. The zero-order valence-electron chi connectivity index (χ0n) is 8.29. The van der Waals surface area contributed by atoms with Crippen LogP contribution in [0.1, 0.15) is 12.5 Å². The molecule has 0 radical (unpaired) electrons. The highest BCUT2D eigenvalue weighted by Crippen LogP contribution is 2.10. The van der Waals surface area contributed by atoms with Gasteiger partial charge in [0.15, 0.2) is 0 Å². The molecule has 0 bridgehead atoms. The molecule has 0 aliphatic rings. The number of aromatic nitrogens is 1. The molecule has 1 aromatic rings. The maximum atomic E-state index is 5.88. The zero-order valence-corrected chi connectivity index (χ0v) is 9.04. The van der Waals surface area contributed by atoms with E-state index in [0.717, 1.165) is 12.4 Å². The van der Waals surface area contributed by atoms with E-state index >= 15 is 0 Å². The smallest absolute Gasteiger partial charge is 0.128 e. The molecule has 0 spiro atoms. The summed E-state index contributed by atoms with van der Waals surface area (Å²) >= 11 is 5.88. The average molecular weight is 199 g/mol. The maximum absolute atomic E-state index is 5.88. The quantitative estimate of drug-likeness (QED) is 0.694. The molecule has 0 saturated heterocycles. The van der Waals surface area contributed by atoms with Gasteiger partial charge in [0.2, 0.25) is 0 Å². The van der Waals surface area contributed by atoms with Gasteiger partial charge in [-0.15, -0.1) is 11.6 Å². The highest BCUT2D eigenvalue weighted by atomic mass is 35.5. The Bertz CT molecular complexity index is 256. The van der Waals surface area contributed by atoms with E-state index in [0.29, 0.717) is 0 Å². The summed E-state index contributed by atoms with van der Waals surface area (Å²) in [5.74, 6) is 0.970. The number of anilines is 1. The molecule has 0 amide bonds. The van der Waals surface area contributed by atoms with Gasteiger partial charge in [-0.25, -0.2) is 4.98 Å². The number of aryl methyl sites for hydroxylation is 1. The average Bonchev–Trinajstić information content (AvgIpc) is 2.04. The third kappa shape index (κ3) is 3.23. The van der Waals surface area contributed by atoms with Gasteiger partial charge in [-0.2, -0.15) is 0 Å². The molecular formula is C10H15ClN2. The third-order valence-electron chi connectivity index (χ3n) is 1.81. The Morgan fingerprint density at radius 2 is 2.23 bits per heavy atom. The Morgan fingerprint density at radius 3 is 2.69 bits per heavy atom. The SMILES string of the molecule is Cc1ccc(N(C)CC(C)Cl)nc1. The molecule has 3 heteroatoms. The van der Waals surface area contributed by atoms with Crippen molar-refractivity contribution < 1.29 is 0 Å². The van der Waals surface area contributed by atoms with E-state index in [4.69, 9.17) is 11.6 Å². The normalized spacial score (nSPS) is 12.6. The Balaban J connectivity index is 2.66. The van der Waals surface area contributed by atoms with E-state index in [1.54, 1.807) is 0 Å². The van der Waals surface area contributed by atoms with Crippen LogP contribution in [0.2, 0.25) is 0 Å². The molecule has 0 aliphatic carbocycles. The molecule has 1 aromatic heterocycles. The lowest BCUT2D eigenvalue weighted by molar-refractivity contribution is 0.844. The molecule has 0 saturated carbocycles. The van der Waals surface area contributed by atoms with E-state index < -0.39 is 0 Å². The number of rotatable bonds is 3. The standard InChI is InChI=1S/C10H15ClN2/c1-8-4-5-10(12-6-8)13(3)7-9(2)11/h4-6,9H,7H2,1-3H3. The largest absolute Gasteiger partial charge is 0.358 e. The fourth-order valence-corrected chi connectivity index (χ4v) is 1.36. The van der Waals surface area contributed by atoms with Crippen molar-refractivity contribution in [2.24, 2.45) is 0 Å². The van der Waals surface area contributed by atoms with Crippen molar-refractivity contribution in [1.29, 1.82) is 0 Å². The second kappa shape index (κ2) is 4.47. The molecule has 1 atom stereocenters. The molecule has 72 valence electrons. The fraction of sp³-hybridized carbons (Fsp3) is 0.500. The molecule has 1 heterocycles. The van der Waals surface area contributed by atoms with E-state index in [-0.39, 0.29) is 5.38 Å². The van der Waals surface area contributed by atoms with Gasteiger partial charge in [-0.3, -0.25) is 0 Å². The highest BCUT2D eigenvalue weighted by molar-refractivity contribution is 6.20. The highest BCUT2D eigenvalue weighted by Gasteiger charge is 2.04. The van der Waals surface area contributed by atoms with Crippen molar-refractivity contribution in [3.05, 3.63) is 23.9 Å². The number of pyridine rings is 1. The molecule has 2 nitrogen and oxygen atoms in total. The summed E-state index contributed by atoms with van der Waals surface area (Å²) in [6.07, 6.45) is 1.87. The lowest BCUT2D eigenvalue weighted by Crippen LogP contribution is -2.24. The first-order chi connectivity index (χ1) is 6.09. The molecule has 0 N–H and O–H groups in total. The number of hydrogen-bond acceptors (Lipinski definition) is 2. The summed E-state index contributed by atoms with van der Waals surface area (Å²) < 4.78 is 0. The summed E-state index contributed by atoms with van der Waals surface area (Å²) in [5.41, 5.74) is 1.18. The molecular weight excluding hydrogens is 184 g/mol. The van der Waals surface area contributed by atoms with Crippen molar-refractivity contribution in [2.45, 2.75) is 19.2 Å². The summed E-state index contributed by atoms with van der Waals surface area (Å²) in [5, 5.41) is 0.146. The summed E-state index contributed by atoms with van der Waals surface area (Å²) in [7, 11) is 2.00. The Labute approximate surface area is 84.5 Å². The van der Waals surface area contributed by atoms with Gasteiger partial charge in [0, 0.05) is 25.2 Å². The second-order valence-electron chi connectivity index (χ2n) is 3.36. The fourth-order valence-electron chi connectivity index (χ4n) is 1.16. The minimum absolute atomic E-state index is 0.146. The van der Waals surface area contributed by atoms with Crippen LogP contribution < -0.4 is 4.90 Å². The van der Waals surface area contributed by atoms with Gasteiger partial charge in [0.25, 0.3) is 0 Å². The number of alkyl halides is 1. The van der Waals surface area contributed by atoms with E-state index in [9.17, 15) is 0 Å². The zero-order chi connectivity index (χ0) is 9.84. The van der Waals surface area contributed by atoms with Crippen LogP contribution in [0, 0.1) is 6.92 Å². The van der Waals surface area contributed by atoms with Crippen LogP contribution in [0.4, 0.5) is 5.82 Å². The third-order valence-corrected chi connectivity index (χ3v) is 1.95. The summed E-state index contributed by atoms with van der Waals surface area (Å²) in [6, 6.07) is 4.06. The van der Waals surface area contributed by atoms with Gasteiger partial charge in [0.05, 0.1) is 0 Å². The molecule has 0 aromatic carbocycles. The predicted octanol–water partition coefficient (Wildman–Crippen LogP) is 2.45. The van der Waals surface area contributed by atoms with Gasteiger partial charge >= 0.3 is 0 Å². The van der Waals surface area contributed by atoms with Gasteiger partial charge in [0.1, 0.15) is 5.82 Å². The second-order valence-corrected chi connectivity index (χ2v) is 4.10. The van der Waals surface area contributed by atoms with E-state index in [2.05, 4.69) is 16.0 Å². The lowest BCUT2D eigenvalue weighted by atomic mass is 10.3. The van der Waals surface area contributed by atoms with Crippen molar-refractivity contribution >= 4 is 17.4 Å². The number of nitrogens with zero attached hydrogens (tertiary/aromatic N) is 2. The van der Waals surface area contributed by atoms with E-state index in [1.807, 2.05) is 33.2 Å². The first-order valence-corrected chi connectivity index (χ1v) is 4.81. The Kier molecular flexibility index (Phi) is 3.55. The predicted molar refractivity (Wildman–Crippen MR) is 57.6 cm³/mol. The van der Waals surface area contributed by atoms with Crippen LogP contribution in [0.3, 0.4) is 0 Å².